The van der Waals surface area contributed by atoms with Gasteiger partial charge in [-0.25, -0.2) is 8.78 Å². The number of carbonyl (C=O) groups excluding carboxylic acids is 1. The smallest absolute Gasteiger partial charge is 0.228 e. The maximum absolute atomic E-state index is 13.5. The highest BCUT2D eigenvalue weighted by atomic mass is 19.1. The van der Waals surface area contributed by atoms with Crippen molar-refractivity contribution in [2.75, 3.05) is 23.3 Å². The fraction of sp³-hybridized carbons (Fsp3) is 0.278. The predicted octanol–water partition coefficient (Wildman–Crippen LogP) is 3.75. The SMILES string of the molecule is O=C(Cc1cccc(F)c1)Nc1cc(F)ccc1N1CCCC1. The lowest BCUT2D eigenvalue weighted by Gasteiger charge is -2.21. The first-order valence-corrected chi connectivity index (χ1v) is 7.70. The number of benzene rings is 2. The van der Waals surface area contributed by atoms with E-state index in [1.165, 1.54) is 24.3 Å². The third-order valence-electron chi connectivity index (χ3n) is 3.93. The van der Waals surface area contributed by atoms with E-state index in [1.54, 1.807) is 18.2 Å². The Morgan fingerprint density at radius 2 is 1.78 bits per heavy atom. The van der Waals surface area contributed by atoms with Gasteiger partial charge in [0.05, 0.1) is 17.8 Å². The van der Waals surface area contributed by atoms with Crippen LogP contribution in [0.25, 0.3) is 0 Å². The largest absolute Gasteiger partial charge is 0.370 e. The van der Waals surface area contributed by atoms with Crippen molar-refractivity contribution in [1.29, 1.82) is 0 Å². The zero-order valence-corrected chi connectivity index (χ0v) is 12.7. The third kappa shape index (κ3) is 3.86. The van der Waals surface area contributed by atoms with Crippen LogP contribution in [0.2, 0.25) is 0 Å². The van der Waals surface area contributed by atoms with Crippen LogP contribution < -0.4 is 10.2 Å². The minimum Gasteiger partial charge on any atom is -0.370 e. The molecule has 1 heterocycles. The summed E-state index contributed by atoms with van der Waals surface area (Å²) < 4.78 is 26.7. The van der Waals surface area contributed by atoms with Crippen LogP contribution in [0.5, 0.6) is 0 Å². The van der Waals surface area contributed by atoms with Gasteiger partial charge in [-0.2, -0.15) is 0 Å². The number of carbonyl (C=O) groups is 1. The molecule has 1 aliphatic rings. The first-order valence-electron chi connectivity index (χ1n) is 7.70. The Morgan fingerprint density at radius 1 is 1.04 bits per heavy atom. The van der Waals surface area contributed by atoms with Crippen molar-refractivity contribution < 1.29 is 13.6 Å². The number of hydrogen-bond acceptors (Lipinski definition) is 2. The molecule has 0 unspecified atom stereocenters. The molecular weight excluding hydrogens is 298 g/mol. The Bertz CT molecular complexity index is 712. The van der Waals surface area contributed by atoms with Gasteiger partial charge in [0.25, 0.3) is 0 Å². The molecule has 3 rings (SSSR count). The molecule has 1 fully saturated rings. The van der Waals surface area contributed by atoms with Gasteiger partial charge in [0.2, 0.25) is 5.91 Å². The van der Waals surface area contributed by atoms with Crippen molar-refractivity contribution in [2.24, 2.45) is 0 Å². The summed E-state index contributed by atoms with van der Waals surface area (Å²) in [6.07, 6.45) is 2.23. The summed E-state index contributed by atoms with van der Waals surface area (Å²) in [5.41, 5.74) is 1.88. The summed E-state index contributed by atoms with van der Waals surface area (Å²) >= 11 is 0. The van der Waals surface area contributed by atoms with Crippen molar-refractivity contribution >= 4 is 17.3 Å². The molecule has 1 amide bonds. The van der Waals surface area contributed by atoms with Crippen molar-refractivity contribution in [3.8, 4) is 0 Å². The molecule has 0 radical (unpaired) electrons. The van der Waals surface area contributed by atoms with Crippen molar-refractivity contribution in [3.63, 3.8) is 0 Å². The third-order valence-corrected chi connectivity index (χ3v) is 3.93. The van der Waals surface area contributed by atoms with E-state index >= 15 is 0 Å². The fourth-order valence-corrected chi connectivity index (χ4v) is 2.87. The van der Waals surface area contributed by atoms with E-state index in [9.17, 15) is 13.6 Å². The number of amides is 1. The second kappa shape index (κ2) is 6.77. The summed E-state index contributed by atoms with van der Waals surface area (Å²) in [5.74, 6) is -1.06. The van der Waals surface area contributed by atoms with Gasteiger partial charge >= 0.3 is 0 Å². The van der Waals surface area contributed by atoms with E-state index in [0.29, 0.717) is 11.3 Å². The highest BCUT2D eigenvalue weighted by Crippen LogP contribution is 2.29. The van der Waals surface area contributed by atoms with E-state index in [1.807, 2.05) is 0 Å². The Labute approximate surface area is 133 Å². The van der Waals surface area contributed by atoms with Crippen LogP contribution in [-0.4, -0.2) is 19.0 Å². The molecule has 1 aliphatic heterocycles. The second-order valence-corrected chi connectivity index (χ2v) is 5.71. The van der Waals surface area contributed by atoms with Gasteiger partial charge in [0.15, 0.2) is 0 Å². The zero-order chi connectivity index (χ0) is 16.2. The standard InChI is InChI=1S/C18H18F2N2O/c19-14-5-3-4-13(10-14)11-18(23)21-16-12-15(20)6-7-17(16)22-8-1-2-9-22/h3-7,10,12H,1-2,8-9,11H2,(H,21,23). The van der Waals surface area contributed by atoms with Gasteiger partial charge in [-0.05, 0) is 48.7 Å². The first kappa shape index (κ1) is 15.5. The van der Waals surface area contributed by atoms with Gasteiger partial charge < -0.3 is 10.2 Å². The highest BCUT2D eigenvalue weighted by molar-refractivity contribution is 5.95. The molecule has 0 saturated carbocycles. The molecule has 0 aromatic heterocycles. The first-order chi connectivity index (χ1) is 11.1. The van der Waals surface area contributed by atoms with Gasteiger partial charge in [0.1, 0.15) is 11.6 Å². The Morgan fingerprint density at radius 3 is 2.52 bits per heavy atom. The summed E-state index contributed by atoms with van der Waals surface area (Å²) in [4.78, 5) is 14.3. The number of rotatable bonds is 4. The maximum Gasteiger partial charge on any atom is 0.228 e. The van der Waals surface area contributed by atoms with E-state index < -0.39 is 5.82 Å². The van der Waals surface area contributed by atoms with Crippen LogP contribution >= 0.6 is 0 Å². The fourth-order valence-electron chi connectivity index (χ4n) is 2.87. The molecule has 0 bridgehead atoms. The van der Waals surface area contributed by atoms with Crippen LogP contribution in [0.3, 0.4) is 0 Å². The lowest BCUT2D eigenvalue weighted by molar-refractivity contribution is -0.115. The van der Waals surface area contributed by atoms with E-state index in [2.05, 4.69) is 10.2 Å². The molecule has 3 nitrogen and oxygen atoms in total. The molecule has 0 aliphatic carbocycles. The zero-order valence-electron chi connectivity index (χ0n) is 12.7. The van der Waals surface area contributed by atoms with Gasteiger partial charge in [-0.15, -0.1) is 0 Å². The molecular formula is C18H18F2N2O. The molecule has 1 N–H and O–H groups in total. The molecule has 23 heavy (non-hydrogen) atoms. The van der Waals surface area contributed by atoms with Gasteiger partial charge in [-0.1, -0.05) is 12.1 Å². The maximum atomic E-state index is 13.5. The van der Waals surface area contributed by atoms with Crippen molar-refractivity contribution in [2.45, 2.75) is 19.3 Å². The summed E-state index contributed by atoms with van der Waals surface area (Å²) in [5, 5.41) is 2.75. The van der Waals surface area contributed by atoms with Crippen LogP contribution in [0.15, 0.2) is 42.5 Å². The number of nitrogens with one attached hydrogen (secondary N) is 1. The number of hydrogen-bond donors (Lipinski definition) is 1. The summed E-state index contributed by atoms with van der Waals surface area (Å²) in [6.45, 7) is 1.80. The quantitative estimate of drug-likeness (QED) is 0.932. The molecule has 120 valence electrons. The second-order valence-electron chi connectivity index (χ2n) is 5.71. The van der Waals surface area contributed by atoms with E-state index in [0.717, 1.165) is 31.6 Å². The Hall–Kier alpha value is -2.43. The molecule has 5 heteroatoms. The number of nitrogens with zero attached hydrogens (tertiary/aromatic N) is 1. The van der Waals surface area contributed by atoms with Crippen molar-refractivity contribution in [3.05, 3.63) is 59.7 Å². The predicted molar refractivity (Wildman–Crippen MR) is 86.6 cm³/mol. The van der Waals surface area contributed by atoms with Gasteiger partial charge in [0, 0.05) is 13.1 Å². The average Bonchev–Trinajstić information content (AvgIpc) is 3.01. The summed E-state index contributed by atoms with van der Waals surface area (Å²) in [7, 11) is 0. The monoisotopic (exact) mass is 316 g/mol. The minimum atomic E-state index is -0.394. The lowest BCUT2D eigenvalue weighted by Crippen LogP contribution is -2.22. The normalized spacial score (nSPS) is 14.1. The Kier molecular flexibility index (Phi) is 4.55. The molecule has 2 aromatic carbocycles. The highest BCUT2D eigenvalue weighted by Gasteiger charge is 2.17. The van der Waals surface area contributed by atoms with Crippen LogP contribution in [0.1, 0.15) is 18.4 Å². The van der Waals surface area contributed by atoms with Crippen LogP contribution in [0.4, 0.5) is 20.2 Å². The number of anilines is 2. The molecule has 0 atom stereocenters. The van der Waals surface area contributed by atoms with Crippen LogP contribution in [0, 0.1) is 11.6 Å². The topological polar surface area (TPSA) is 32.3 Å². The summed E-state index contributed by atoms with van der Waals surface area (Å²) in [6, 6.07) is 10.3. The molecule has 2 aromatic rings. The minimum absolute atomic E-state index is 0.0493. The van der Waals surface area contributed by atoms with Crippen molar-refractivity contribution in [1.82, 2.24) is 0 Å². The lowest BCUT2D eigenvalue weighted by atomic mass is 10.1. The average molecular weight is 316 g/mol. The van der Waals surface area contributed by atoms with E-state index in [-0.39, 0.29) is 18.1 Å². The Balaban J connectivity index is 1.76. The van der Waals surface area contributed by atoms with Gasteiger partial charge in [-0.3, -0.25) is 4.79 Å². The van der Waals surface area contributed by atoms with E-state index in [4.69, 9.17) is 0 Å². The molecule has 1 saturated heterocycles. The van der Waals surface area contributed by atoms with Crippen LogP contribution in [-0.2, 0) is 11.2 Å². The number of halogens is 2. The molecule has 0 spiro atoms.